The smallest absolute Gasteiger partial charge is 0.251 e. The second-order valence-corrected chi connectivity index (χ2v) is 9.30. The van der Waals surface area contributed by atoms with Crippen molar-refractivity contribution in [2.75, 3.05) is 37.4 Å². The van der Waals surface area contributed by atoms with Crippen molar-refractivity contribution in [3.63, 3.8) is 0 Å². The Morgan fingerprint density at radius 1 is 1.07 bits per heavy atom. The van der Waals surface area contributed by atoms with E-state index in [1.807, 2.05) is 25.1 Å². The average Bonchev–Trinajstić information content (AvgIpc) is 2.74. The monoisotopic (exact) mass is 432 g/mol. The van der Waals surface area contributed by atoms with E-state index < -0.39 is 10.0 Å². The molecule has 2 aromatic carbocycles. The predicted molar refractivity (Wildman–Crippen MR) is 117 cm³/mol. The summed E-state index contributed by atoms with van der Waals surface area (Å²) in [7, 11) is -0.157. The summed E-state index contributed by atoms with van der Waals surface area (Å²) in [6, 6.07) is 10.8. The van der Waals surface area contributed by atoms with Crippen LogP contribution in [0, 0.1) is 6.92 Å². The van der Waals surface area contributed by atoms with Crippen molar-refractivity contribution in [3.8, 4) is 11.5 Å². The number of carbonyl (C=O) groups excluding carboxylic acids is 1. The Bertz CT molecular complexity index is 1020. The number of aryl methyl sites for hydroxylation is 1. The fourth-order valence-corrected chi connectivity index (χ4v) is 5.23. The molecule has 3 rings (SSSR count). The summed E-state index contributed by atoms with van der Waals surface area (Å²) in [5.74, 6) is 1.22. The molecule has 0 unspecified atom stereocenters. The summed E-state index contributed by atoms with van der Waals surface area (Å²) in [6.07, 6.45) is 2.12. The van der Waals surface area contributed by atoms with Crippen LogP contribution in [0.3, 0.4) is 0 Å². The SMILES string of the molecule is COc1ccc(CCNC(=O)c2ccc(C)c(N3CCCCS3(=O)=O)c2)cc1OC. The van der Waals surface area contributed by atoms with Gasteiger partial charge in [0.15, 0.2) is 11.5 Å². The van der Waals surface area contributed by atoms with Crippen molar-refractivity contribution in [1.29, 1.82) is 0 Å². The molecule has 0 aromatic heterocycles. The molecule has 1 heterocycles. The van der Waals surface area contributed by atoms with Gasteiger partial charge in [-0.2, -0.15) is 0 Å². The summed E-state index contributed by atoms with van der Waals surface area (Å²) in [5, 5.41) is 2.90. The normalized spacial score (nSPS) is 15.5. The number of rotatable bonds is 7. The van der Waals surface area contributed by atoms with E-state index in [9.17, 15) is 13.2 Å². The molecule has 0 atom stereocenters. The highest BCUT2D eigenvalue weighted by Gasteiger charge is 2.27. The molecule has 7 nitrogen and oxygen atoms in total. The molecule has 1 fully saturated rings. The maximum atomic E-state index is 12.6. The van der Waals surface area contributed by atoms with Gasteiger partial charge in [0.2, 0.25) is 10.0 Å². The van der Waals surface area contributed by atoms with Crippen LogP contribution in [0.5, 0.6) is 11.5 Å². The number of anilines is 1. The molecule has 30 heavy (non-hydrogen) atoms. The molecular weight excluding hydrogens is 404 g/mol. The number of nitrogens with one attached hydrogen (secondary N) is 1. The molecule has 1 aliphatic heterocycles. The largest absolute Gasteiger partial charge is 0.493 e. The zero-order valence-corrected chi connectivity index (χ0v) is 18.4. The molecule has 0 aliphatic carbocycles. The molecule has 1 saturated heterocycles. The van der Waals surface area contributed by atoms with Crippen LogP contribution in [-0.2, 0) is 16.4 Å². The minimum Gasteiger partial charge on any atom is -0.493 e. The molecule has 8 heteroatoms. The Morgan fingerprint density at radius 3 is 2.53 bits per heavy atom. The Hall–Kier alpha value is -2.74. The van der Waals surface area contributed by atoms with Gasteiger partial charge in [0.05, 0.1) is 25.7 Å². The Kier molecular flexibility index (Phi) is 6.87. The Labute approximate surface area is 178 Å². The van der Waals surface area contributed by atoms with Crippen LogP contribution in [0.25, 0.3) is 0 Å². The lowest BCUT2D eigenvalue weighted by Crippen LogP contribution is -2.38. The number of amides is 1. The van der Waals surface area contributed by atoms with Crippen molar-refractivity contribution in [2.24, 2.45) is 0 Å². The van der Waals surface area contributed by atoms with Gasteiger partial charge in [-0.15, -0.1) is 0 Å². The summed E-state index contributed by atoms with van der Waals surface area (Å²) in [6.45, 7) is 2.76. The fourth-order valence-electron chi connectivity index (χ4n) is 3.54. The van der Waals surface area contributed by atoms with E-state index in [0.717, 1.165) is 17.5 Å². The molecule has 0 bridgehead atoms. The highest BCUT2D eigenvalue weighted by molar-refractivity contribution is 7.92. The maximum Gasteiger partial charge on any atom is 0.251 e. The molecular formula is C22H28N2O5S. The highest BCUT2D eigenvalue weighted by Crippen LogP contribution is 2.29. The van der Waals surface area contributed by atoms with Gasteiger partial charge in [0.25, 0.3) is 5.91 Å². The number of methoxy groups -OCH3 is 2. The number of benzene rings is 2. The van der Waals surface area contributed by atoms with Crippen molar-refractivity contribution in [3.05, 3.63) is 53.1 Å². The second kappa shape index (κ2) is 9.38. The van der Waals surface area contributed by atoms with E-state index in [0.29, 0.717) is 48.7 Å². The fraction of sp³-hybridized carbons (Fsp3) is 0.409. The van der Waals surface area contributed by atoms with Crippen LogP contribution in [0.2, 0.25) is 0 Å². The number of hydrogen-bond acceptors (Lipinski definition) is 5. The van der Waals surface area contributed by atoms with Crippen LogP contribution >= 0.6 is 0 Å². The van der Waals surface area contributed by atoms with Gasteiger partial charge in [-0.1, -0.05) is 12.1 Å². The van der Waals surface area contributed by atoms with Crippen LogP contribution in [-0.4, -0.2) is 47.4 Å². The first-order valence-corrected chi connectivity index (χ1v) is 11.6. The lowest BCUT2D eigenvalue weighted by Gasteiger charge is -2.29. The average molecular weight is 433 g/mol. The standard InChI is InChI=1S/C22H28N2O5S/c1-16-6-8-18(15-19(16)24-12-4-5-13-30(24,26)27)22(25)23-11-10-17-7-9-20(28-2)21(14-17)29-3/h6-9,14-15H,4-5,10-13H2,1-3H3,(H,23,25). The summed E-state index contributed by atoms with van der Waals surface area (Å²) in [4.78, 5) is 12.6. The third-order valence-corrected chi connectivity index (χ3v) is 7.09. The first kappa shape index (κ1) is 22.0. The number of nitrogens with zero attached hydrogens (tertiary/aromatic N) is 1. The van der Waals surface area contributed by atoms with Crippen molar-refractivity contribution in [1.82, 2.24) is 5.32 Å². The van der Waals surface area contributed by atoms with Gasteiger partial charge < -0.3 is 14.8 Å². The van der Waals surface area contributed by atoms with E-state index in [2.05, 4.69) is 5.32 Å². The van der Waals surface area contributed by atoms with Crippen molar-refractivity contribution < 1.29 is 22.7 Å². The molecule has 1 aliphatic rings. The van der Waals surface area contributed by atoms with Crippen molar-refractivity contribution in [2.45, 2.75) is 26.2 Å². The Balaban J connectivity index is 1.68. The summed E-state index contributed by atoms with van der Waals surface area (Å²) in [5.41, 5.74) is 2.88. The van der Waals surface area contributed by atoms with Gasteiger partial charge in [-0.05, 0) is 61.6 Å². The number of hydrogen-bond donors (Lipinski definition) is 1. The zero-order chi connectivity index (χ0) is 21.7. The van der Waals surface area contributed by atoms with E-state index in [1.54, 1.807) is 32.4 Å². The molecule has 0 spiro atoms. The van der Waals surface area contributed by atoms with Crippen LogP contribution in [0.15, 0.2) is 36.4 Å². The van der Waals surface area contributed by atoms with Crippen LogP contribution in [0.1, 0.15) is 34.3 Å². The lowest BCUT2D eigenvalue weighted by atomic mass is 10.1. The number of carbonyl (C=O) groups is 1. The maximum absolute atomic E-state index is 12.6. The van der Waals surface area contributed by atoms with Crippen LogP contribution < -0.4 is 19.1 Å². The van der Waals surface area contributed by atoms with E-state index >= 15 is 0 Å². The number of sulfonamides is 1. The van der Waals surface area contributed by atoms with Gasteiger partial charge in [-0.25, -0.2) is 8.42 Å². The van der Waals surface area contributed by atoms with E-state index in [4.69, 9.17) is 9.47 Å². The molecule has 1 N–H and O–H groups in total. The van der Waals surface area contributed by atoms with Gasteiger partial charge in [0, 0.05) is 18.7 Å². The minimum absolute atomic E-state index is 0.147. The zero-order valence-electron chi connectivity index (χ0n) is 17.6. The Morgan fingerprint density at radius 2 is 1.83 bits per heavy atom. The molecule has 162 valence electrons. The molecule has 0 saturated carbocycles. The van der Waals surface area contributed by atoms with E-state index in [-0.39, 0.29) is 11.7 Å². The lowest BCUT2D eigenvalue weighted by molar-refractivity contribution is 0.0954. The van der Waals surface area contributed by atoms with Gasteiger partial charge in [0.1, 0.15) is 0 Å². The summed E-state index contributed by atoms with van der Waals surface area (Å²) < 4.78 is 36.9. The van der Waals surface area contributed by atoms with Gasteiger partial charge >= 0.3 is 0 Å². The predicted octanol–water partition coefficient (Wildman–Crippen LogP) is 2.91. The first-order chi connectivity index (χ1) is 14.4. The second-order valence-electron chi connectivity index (χ2n) is 7.29. The summed E-state index contributed by atoms with van der Waals surface area (Å²) >= 11 is 0. The highest BCUT2D eigenvalue weighted by atomic mass is 32.2. The third-order valence-electron chi connectivity index (χ3n) is 5.24. The molecule has 0 radical (unpaired) electrons. The number of ether oxygens (including phenoxy) is 2. The molecule has 2 aromatic rings. The minimum atomic E-state index is -3.33. The van der Waals surface area contributed by atoms with Gasteiger partial charge in [-0.3, -0.25) is 9.10 Å². The first-order valence-electron chi connectivity index (χ1n) is 9.96. The van der Waals surface area contributed by atoms with E-state index in [1.165, 1.54) is 4.31 Å². The van der Waals surface area contributed by atoms with Crippen LogP contribution in [0.4, 0.5) is 5.69 Å². The quantitative estimate of drug-likeness (QED) is 0.727. The topological polar surface area (TPSA) is 84.9 Å². The van der Waals surface area contributed by atoms with Crippen molar-refractivity contribution >= 4 is 21.6 Å². The third kappa shape index (κ3) is 4.87. The molecule has 1 amide bonds.